The minimum absolute atomic E-state index is 0.608. The van der Waals surface area contributed by atoms with Crippen LogP contribution in [0.25, 0.3) is 0 Å². The fourth-order valence-electron chi connectivity index (χ4n) is 2.25. The number of ether oxygens (including phenoxy) is 2. The molecule has 0 amide bonds. The van der Waals surface area contributed by atoms with Crippen LogP contribution in [0, 0.1) is 13.8 Å². The van der Waals surface area contributed by atoms with Gasteiger partial charge in [0.1, 0.15) is 12.4 Å². The van der Waals surface area contributed by atoms with Crippen molar-refractivity contribution in [2.45, 2.75) is 33.6 Å². The average Bonchev–Trinajstić information content (AvgIpc) is 2.54. The fourth-order valence-corrected chi connectivity index (χ4v) is 2.25. The Morgan fingerprint density at radius 1 is 1.04 bits per heavy atom. The van der Waals surface area contributed by atoms with Crippen molar-refractivity contribution >= 4 is 5.96 Å². The van der Waals surface area contributed by atoms with Gasteiger partial charge in [-0.15, -0.1) is 0 Å². The summed E-state index contributed by atoms with van der Waals surface area (Å²) in [5.41, 5.74) is 2.34. The third-order valence-electron chi connectivity index (χ3n) is 3.49. The van der Waals surface area contributed by atoms with E-state index < -0.39 is 0 Å². The Morgan fingerprint density at radius 2 is 1.74 bits per heavy atom. The quantitative estimate of drug-likeness (QED) is 0.395. The summed E-state index contributed by atoms with van der Waals surface area (Å²) in [7, 11) is 1.78. The molecule has 0 atom stereocenters. The highest BCUT2D eigenvalue weighted by Crippen LogP contribution is 2.21. The summed E-state index contributed by atoms with van der Waals surface area (Å²) in [5, 5.41) is 6.56. The Kier molecular flexibility index (Phi) is 9.87. The zero-order valence-corrected chi connectivity index (χ0v) is 14.9. The predicted octanol–water partition coefficient (Wildman–Crippen LogP) is 2.66. The van der Waals surface area contributed by atoms with Crippen molar-refractivity contribution in [3.05, 3.63) is 29.3 Å². The molecule has 0 aliphatic carbocycles. The minimum Gasteiger partial charge on any atom is -0.491 e. The first-order valence-corrected chi connectivity index (χ1v) is 8.40. The van der Waals surface area contributed by atoms with E-state index in [1.54, 1.807) is 7.05 Å². The molecule has 0 aromatic heterocycles. The van der Waals surface area contributed by atoms with Crippen LogP contribution in [0.15, 0.2) is 23.2 Å². The molecule has 2 N–H and O–H groups in total. The van der Waals surface area contributed by atoms with Crippen LogP contribution in [0.1, 0.15) is 30.9 Å². The molecule has 0 fully saturated rings. The highest BCUT2D eigenvalue weighted by Gasteiger charge is 2.03. The second-order valence-electron chi connectivity index (χ2n) is 5.40. The van der Waals surface area contributed by atoms with Crippen molar-refractivity contribution in [2.75, 3.05) is 40.0 Å². The van der Waals surface area contributed by atoms with Crippen LogP contribution in [-0.4, -0.2) is 45.9 Å². The van der Waals surface area contributed by atoms with E-state index in [-0.39, 0.29) is 0 Å². The van der Waals surface area contributed by atoms with Gasteiger partial charge in [-0.3, -0.25) is 4.99 Å². The molecule has 1 aromatic carbocycles. The molecule has 0 unspecified atom stereocenters. The number of aliphatic imine (C=N–C) groups is 1. The highest BCUT2D eigenvalue weighted by molar-refractivity contribution is 5.79. The molecular formula is C18H31N3O2. The number of aryl methyl sites for hydroxylation is 2. The van der Waals surface area contributed by atoms with E-state index in [1.807, 2.05) is 13.0 Å². The number of rotatable bonds is 10. The van der Waals surface area contributed by atoms with Gasteiger partial charge in [-0.2, -0.15) is 0 Å². The maximum Gasteiger partial charge on any atom is 0.191 e. The fraction of sp³-hybridized carbons (Fsp3) is 0.611. The van der Waals surface area contributed by atoms with Gasteiger partial charge < -0.3 is 20.1 Å². The standard InChI is InChI=1S/C18H31N3O2/c1-5-22-13-7-6-11-20-18(19-4)21-12-14-23-17-15(2)9-8-10-16(17)3/h8-10H,5-7,11-14H2,1-4H3,(H2,19,20,21). The molecule has 0 saturated heterocycles. The smallest absolute Gasteiger partial charge is 0.191 e. The van der Waals surface area contributed by atoms with Gasteiger partial charge in [-0.05, 0) is 44.7 Å². The lowest BCUT2D eigenvalue weighted by atomic mass is 10.1. The minimum atomic E-state index is 0.608. The van der Waals surface area contributed by atoms with Crippen LogP contribution in [0.4, 0.5) is 0 Å². The molecular weight excluding hydrogens is 290 g/mol. The zero-order valence-electron chi connectivity index (χ0n) is 14.9. The van der Waals surface area contributed by atoms with E-state index in [9.17, 15) is 0 Å². The molecule has 0 aliphatic heterocycles. The zero-order chi connectivity index (χ0) is 16.9. The molecule has 0 aliphatic rings. The summed E-state index contributed by atoms with van der Waals surface area (Å²) >= 11 is 0. The van der Waals surface area contributed by atoms with Gasteiger partial charge in [0, 0.05) is 26.8 Å². The Balaban J connectivity index is 2.18. The number of benzene rings is 1. The van der Waals surface area contributed by atoms with Gasteiger partial charge in [0.05, 0.1) is 6.54 Å². The molecule has 0 saturated carbocycles. The molecule has 0 bridgehead atoms. The van der Waals surface area contributed by atoms with Crippen molar-refractivity contribution in [3.8, 4) is 5.75 Å². The maximum atomic E-state index is 5.87. The first-order valence-electron chi connectivity index (χ1n) is 8.40. The van der Waals surface area contributed by atoms with Gasteiger partial charge >= 0.3 is 0 Å². The van der Waals surface area contributed by atoms with Crippen molar-refractivity contribution in [1.29, 1.82) is 0 Å². The van der Waals surface area contributed by atoms with Crippen LogP contribution in [0.3, 0.4) is 0 Å². The summed E-state index contributed by atoms with van der Waals surface area (Å²) < 4.78 is 11.2. The first-order chi connectivity index (χ1) is 11.2. The molecule has 5 nitrogen and oxygen atoms in total. The van der Waals surface area contributed by atoms with E-state index >= 15 is 0 Å². The number of para-hydroxylation sites is 1. The Labute approximate surface area is 140 Å². The monoisotopic (exact) mass is 321 g/mol. The lowest BCUT2D eigenvalue weighted by Crippen LogP contribution is -2.39. The van der Waals surface area contributed by atoms with Gasteiger partial charge in [-0.1, -0.05) is 18.2 Å². The highest BCUT2D eigenvalue weighted by atomic mass is 16.5. The van der Waals surface area contributed by atoms with E-state index in [1.165, 1.54) is 11.1 Å². The number of hydrogen-bond acceptors (Lipinski definition) is 3. The van der Waals surface area contributed by atoms with Gasteiger partial charge in [0.25, 0.3) is 0 Å². The Morgan fingerprint density at radius 3 is 2.39 bits per heavy atom. The number of guanidine groups is 1. The van der Waals surface area contributed by atoms with E-state index in [0.717, 1.165) is 44.3 Å². The van der Waals surface area contributed by atoms with Gasteiger partial charge in [0.2, 0.25) is 0 Å². The van der Waals surface area contributed by atoms with Crippen LogP contribution >= 0.6 is 0 Å². The first kappa shape index (κ1) is 19.3. The summed E-state index contributed by atoms with van der Waals surface area (Å²) in [6.45, 7) is 9.99. The lowest BCUT2D eigenvalue weighted by molar-refractivity contribution is 0.143. The normalized spacial score (nSPS) is 11.4. The number of nitrogens with one attached hydrogen (secondary N) is 2. The van der Waals surface area contributed by atoms with Gasteiger partial charge in [0.15, 0.2) is 5.96 Å². The van der Waals surface area contributed by atoms with Crippen LogP contribution in [-0.2, 0) is 4.74 Å². The van der Waals surface area contributed by atoms with Crippen molar-refractivity contribution in [1.82, 2.24) is 10.6 Å². The summed E-state index contributed by atoms with van der Waals surface area (Å²) in [5.74, 6) is 1.79. The third-order valence-corrected chi connectivity index (χ3v) is 3.49. The summed E-state index contributed by atoms with van der Waals surface area (Å²) in [6, 6.07) is 6.18. The Bertz CT molecular complexity index is 455. The molecule has 1 rings (SSSR count). The molecule has 23 heavy (non-hydrogen) atoms. The molecule has 0 radical (unpaired) electrons. The summed E-state index contributed by atoms with van der Waals surface area (Å²) in [6.07, 6.45) is 2.13. The van der Waals surface area contributed by atoms with Crippen LogP contribution in [0.2, 0.25) is 0 Å². The molecule has 0 spiro atoms. The average molecular weight is 321 g/mol. The van der Waals surface area contributed by atoms with Crippen LogP contribution < -0.4 is 15.4 Å². The molecule has 5 heteroatoms. The third kappa shape index (κ3) is 7.88. The van der Waals surface area contributed by atoms with E-state index in [2.05, 4.69) is 41.6 Å². The topological polar surface area (TPSA) is 54.9 Å². The molecule has 0 heterocycles. The molecule has 130 valence electrons. The largest absolute Gasteiger partial charge is 0.491 e. The number of unbranched alkanes of at least 4 members (excludes halogenated alkanes) is 1. The second-order valence-corrected chi connectivity index (χ2v) is 5.40. The van der Waals surface area contributed by atoms with Gasteiger partial charge in [-0.25, -0.2) is 0 Å². The van der Waals surface area contributed by atoms with Crippen molar-refractivity contribution in [3.63, 3.8) is 0 Å². The summed E-state index contributed by atoms with van der Waals surface area (Å²) in [4.78, 5) is 4.21. The molecule has 1 aromatic rings. The van der Waals surface area contributed by atoms with Crippen molar-refractivity contribution in [2.24, 2.45) is 4.99 Å². The number of nitrogens with zero attached hydrogens (tertiary/aromatic N) is 1. The lowest BCUT2D eigenvalue weighted by Gasteiger charge is -2.14. The van der Waals surface area contributed by atoms with Crippen molar-refractivity contribution < 1.29 is 9.47 Å². The van der Waals surface area contributed by atoms with Crippen LogP contribution in [0.5, 0.6) is 5.75 Å². The number of hydrogen-bond donors (Lipinski definition) is 2. The maximum absolute atomic E-state index is 5.87. The van der Waals surface area contributed by atoms with E-state index in [4.69, 9.17) is 9.47 Å². The SMILES string of the molecule is CCOCCCCNC(=NC)NCCOc1c(C)cccc1C. The Hall–Kier alpha value is -1.75. The second kappa shape index (κ2) is 11.8. The predicted molar refractivity (Wildman–Crippen MR) is 96.5 cm³/mol. The van der Waals surface area contributed by atoms with E-state index in [0.29, 0.717) is 13.2 Å².